The SMILES string of the molecule is CC(=CCCCl)Cc1nc(C(C)(C)C)cs1. The molecule has 0 N–H and O–H groups in total. The minimum Gasteiger partial charge on any atom is -0.245 e. The van der Waals surface area contributed by atoms with Crippen molar-refractivity contribution in [3.63, 3.8) is 0 Å². The topological polar surface area (TPSA) is 12.9 Å². The fourth-order valence-electron chi connectivity index (χ4n) is 1.35. The van der Waals surface area contributed by atoms with Gasteiger partial charge in [0.2, 0.25) is 0 Å². The van der Waals surface area contributed by atoms with E-state index in [1.54, 1.807) is 11.3 Å². The van der Waals surface area contributed by atoms with E-state index in [0.717, 1.165) is 12.8 Å². The number of rotatable bonds is 4. The van der Waals surface area contributed by atoms with Gasteiger partial charge in [-0.15, -0.1) is 22.9 Å². The maximum absolute atomic E-state index is 5.65. The zero-order chi connectivity index (χ0) is 12.2. The molecule has 1 aromatic heterocycles. The third-order valence-electron chi connectivity index (χ3n) is 2.35. The molecule has 1 rings (SSSR count). The summed E-state index contributed by atoms with van der Waals surface area (Å²) in [4.78, 5) is 4.67. The summed E-state index contributed by atoms with van der Waals surface area (Å²) in [5.74, 6) is 0.697. The molecule has 3 heteroatoms. The minimum atomic E-state index is 0.155. The Balaban J connectivity index is 2.66. The van der Waals surface area contributed by atoms with Crippen molar-refractivity contribution in [2.24, 2.45) is 0 Å². The average molecular weight is 258 g/mol. The first-order valence-corrected chi connectivity index (χ1v) is 7.01. The Hall–Kier alpha value is -0.340. The summed E-state index contributed by atoms with van der Waals surface area (Å²) < 4.78 is 0. The van der Waals surface area contributed by atoms with E-state index in [9.17, 15) is 0 Å². The molecule has 0 aliphatic carbocycles. The zero-order valence-corrected chi connectivity index (χ0v) is 12.1. The van der Waals surface area contributed by atoms with Crippen LogP contribution in [0.25, 0.3) is 0 Å². The minimum absolute atomic E-state index is 0.155. The molecule has 0 saturated heterocycles. The van der Waals surface area contributed by atoms with Crippen molar-refractivity contribution in [2.75, 3.05) is 5.88 Å². The van der Waals surface area contributed by atoms with Crippen LogP contribution in [-0.2, 0) is 11.8 Å². The fraction of sp³-hybridized carbons (Fsp3) is 0.615. The van der Waals surface area contributed by atoms with Crippen molar-refractivity contribution in [3.05, 3.63) is 27.7 Å². The largest absolute Gasteiger partial charge is 0.245 e. The smallest absolute Gasteiger partial charge is 0.0968 e. The van der Waals surface area contributed by atoms with Gasteiger partial charge in [-0.1, -0.05) is 32.4 Å². The van der Waals surface area contributed by atoms with Crippen molar-refractivity contribution >= 4 is 22.9 Å². The summed E-state index contributed by atoms with van der Waals surface area (Å²) in [5, 5.41) is 3.37. The highest BCUT2D eigenvalue weighted by Gasteiger charge is 2.17. The van der Waals surface area contributed by atoms with Crippen LogP contribution in [0.4, 0.5) is 0 Å². The highest BCUT2D eigenvalue weighted by Crippen LogP contribution is 2.24. The second kappa shape index (κ2) is 5.83. The van der Waals surface area contributed by atoms with Gasteiger partial charge in [0, 0.05) is 23.1 Å². The van der Waals surface area contributed by atoms with Gasteiger partial charge in [0.1, 0.15) is 0 Å². The molecule has 0 fully saturated rings. The first-order valence-electron chi connectivity index (χ1n) is 5.60. The lowest BCUT2D eigenvalue weighted by atomic mass is 9.93. The zero-order valence-electron chi connectivity index (χ0n) is 10.5. The van der Waals surface area contributed by atoms with E-state index >= 15 is 0 Å². The molecule has 0 bridgehead atoms. The highest BCUT2D eigenvalue weighted by molar-refractivity contribution is 7.09. The van der Waals surface area contributed by atoms with Gasteiger partial charge in [-0.2, -0.15) is 0 Å². The van der Waals surface area contributed by atoms with Gasteiger partial charge in [-0.05, 0) is 13.3 Å². The van der Waals surface area contributed by atoms with E-state index < -0.39 is 0 Å². The lowest BCUT2D eigenvalue weighted by Gasteiger charge is -2.14. The van der Waals surface area contributed by atoms with E-state index in [1.165, 1.54) is 16.3 Å². The Kier molecular flexibility index (Phi) is 5.00. The third-order valence-corrected chi connectivity index (χ3v) is 3.42. The Morgan fingerprint density at radius 3 is 2.69 bits per heavy atom. The summed E-state index contributed by atoms with van der Waals surface area (Å²) in [6, 6.07) is 0. The van der Waals surface area contributed by atoms with Crippen molar-refractivity contribution in [2.45, 2.75) is 46.0 Å². The van der Waals surface area contributed by atoms with E-state index in [1.807, 2.05) is 0 Å². The molecule has 0 aromatic carbocycles. The van der Waals surface area contributed by atoms with Gasteiger partial charge >= 0.3 is 0 Å². The summed E-state index contributed by atoms with van der Waals surface area (Å²) in [7, 11) is 0. The second-order valence-corrected chi connectivity index (χ2v) is 6.40. The van der Waals surface area contributed by atoms with Crippen LogP contribution in [0.5, 0.6) is 0 Å². The summed E-state index contributed by atoms with van der Waals surface area (Å²) in [6.07, 6.45) is 4.10. The monoisotopic (exact) mass is 257 g/mol. The van der Waals surface area contributed by atoms with Crippen molar-refractivity contribution < 1.29 is 0 Å². The van der Waals surface area contributed by atoms with Gasteiger partial charge in [-0.25, -0.2) is 4.98 Å². The van der Waals surface area contributed by atoms with Crippen LogP contribution >= 0.6 is 22.9 Å². The molecule has 1 heterocycles. The molecule has 0 atom stereocenters. The molecule has 90 valence electrons. The molecular formula is C13H20ClNS. The van der Waals surface area contributed by atoms with E-state index in [4.69, 9.17) is 11.6 Å². The van der Waals surface area contributed by atoms with Crippen LogP contribution < -0.4 is 0 Å². The summed E-state index contributed by atoms with van der Waals surface area (Å²) >= 11 is 7.41. The Morgan fingerprint density at radius 2 is 2.19 bits per heavy atom. The average Bonchev–Trinajstić information content (AvgIpc) is 2.62. The van der Waals surface area contributed by atoms with Gasteiger partial charge in [0.15, 0.2) is 0 Å². The molecule has 16 heavy (non-hydrogen) atoms. The highest BCUT2D eigenvalue weighted by atomic mass is 35.5. The van der Waals surface area contributed by atoms with Gasteiger partial charge in [0.25, 0.3) is 0 Å². The molecule has 0 unspecified atom stereocenters. The maximum Gasteiger partial charge on any atom is 0.0968 e. The Labute approximate surface area is 108 Å². The molecule has 0 amide bonds. The molecule has 1 nitrogen and oxygen atoms in total. The van der Waals surface area contributed by atoms with Gasteiger partial charge < -0.3 is 0 Å². The van der Waals surface area contributed by atoms with Gasteiger partial charge in [0.05, 0.1) is 10.7 Å². The normalized spacial score (nSPS) is 13.2. The number of aromatic nitrogens is 1. The predicted molar refractivity (Wildman–Crippen MR) is 73.6 cm³/mol. The van der Waals surface area contributed by atoms with E-state index in [0.29, 0.717) is 5.88 Å². The van der Waals surface area contributed by atoms with E-state index in [2.05, 4.69) is 44.1 Å². The lowest BCUT2D eigenvalue weighted by molar-refractivity contribution is 0.571. The molecule has 0 aliphatic heterocycles. The summed E-state index contributed by atoms with van der Waals surface area (Å²) in [5.41, 5.74) is 2.70. The van der Waals surface area contributed by atoms with E-state index in [-0.39, 0.29) is 5.41 Å². The molecule has 0 aliphatic rings. The number of hydrogen-bond acceptors (Lipinski definition) is 2. The predicted octanol–water partition coefficient (Wildman–Crippen LogP) is 4.56. The molecule has 0 spiro atoms. The number of nitrogens with zero attached hydrogens (tertiary/aromatic N) is 1. The standard InChI is InChI=1S/C13H20ClNS/c1-10(6-5-7-14)8-12-15-11(9-16-12)13(2,3)4/h6,9H,5,7-8H2,1-4H3. The first kappa shape index (κ1) is 13.7. The third kappa shape index (κ3) is 4.26. The molecular weight excluding hydrogens is 238 g/mol. The quantitative estimate of drug-likeness (QED) is 0.569. The number of alkyl halides is 1. The fourth-order valence-corrected chi connectivity index (χ4v) is 2.57. The Bertz CT molecular complexity index is 360. The number of halogens is 1. The Morgan fingerprint density at radius 1 is 1.50 bits per heavy atom. The number of thiazole rings is 1. The van der Waals surface area contributed by atoms with Crippen molar-refractivity contribution in [1.29, 1.82) is 0 Å². The van der Waals surface area contributed by atoms with Crippen LogP contribution in [0, 0.1) is 0 Å². The number of hydrogen-bond donors (Lipinski definition) is 0. The molecule has 1 aromatic rings. The van der Waals surface area contributed by atoms with Crippen LogP contribution in [0.3, 0.4) is 0 Å². The first-order chi connectivity index (χ1) is 7.43. The maximum atomic E-state index is 5.65. The number of allylic oxidation sites excluding steroid dienone is 2. The van der Waals surface area contributed by atoms with Gasteiger partial charge in [-0.3, -0.25) is 0 Å². The van der Waals surface area contributed by atoms with Crippen LogP contribution in [0.2, 0.25) is 0 Å². The van der Waals surface area contributed by atoms with Crippen molar-refractivity contribution in [3.8, 4) is 0 Å². The molecule has 0 saturated carbocycles. The van der Waals surface area contributed by atoms with Crippen LogP contribution in [0.15, 0.2) is 17.0 Å². The molecule has 0 radical (unpaired) electrons. The van der Waals surface area contributed by atoms with Crippen LogP contribution in [-0.4, -0.2) is 10.9 Å². The second-order valence-electron chi connectivity index (χ2n) is 5.08. The lowest BCUT2D eigenvalue weighted by Crippen LogP contribution is -2.11. The summed E-state index contributed by atoms with van der Waals surface area (Å²) in [6.45, 7) is 8.73. The van der Waals surface area contributed by atoms with Crippen LogP contribution in [0.1, 0.15) is 44.8 Å². The van der Waals surface area contributed by atoms with Crippen molar-refractivity contribution in [1.82, 2.24) is 4.98 Å².